The monoisotopic (exact) mass is 570 g/mol. The number of alkyl halides is 6. The zero-order chi connectivity index (χ0) is 21.4. The molecule has 152 valence electrons. The molecule has 0 aliphatic rings. The van der Waals surface area contributed by atoms with E-state index in [1.807, 2.05) is 0 Å². The summed E-state index contributed by atoms with van der Waals surface area (Å²) < 4.78 is 81.7. The minimum absolute atomic E-state index is 0.0526. The van der Waals surface area contributed by atoms with Crippen molar-refractivity contribution >= 4 is 60.8 Å². The Kier molecular flexibility index (Phi) is 7.17. The van der Waals surface area contributed by atoms with Gasteiger partial charge in [-0.3, -0.25) is 4.79 Å². The van der Waals surface area contributed by atoms with Crippen LogP contribution in [0.2, 0.25) is 10.0 Å². The van der Waals surface area contributed by atoms with Gasteiger partial charge in [-0.25, -0.2) is 0 Å². The van der Waals surface area contributed by atoms with Crippen molar-refractivity contribution in [3.63, 3.8) is 0 Å². The van der Waals surface area contributed by atoms with Crippen molar-refractivity contribution in [3.8, 4) is 0 Å². The first kappa shape index (κ1) is 23.5. The molecule has 2 unspecified atom stereocenters. The molecule has 0 fully saturated rings. The Morgan fingerprint density at radius 1 is 0.750 bits per heavy atom. The minimum atomic E-state index is -5.27. The number of halogens is 10. The Hall–Kier alpha value is -0.770. The van der Waals surface area contributed by atoms with Crippen LogP contribution in [-0.4, -0.2) is 18.1 Å². The summed E-state index contributed by atoms with van der Waals surface area (Å²) in [5.74, 6) is -8.10. The highest BCUT2D eigenvalue weighted by Gasteiger charge is 2.56. The molecular formula is C17H8Br2Cl2F6O. The molecule has 11 heteroatoms. The molecule has 0 N–H and O–H groups in total. The second-order valence-corrected chi connectivity index (χ2v) is 8.26. The van der Waals surface area contributed by atoms with Gasteiger partial charge in [-0.1, -0.05) is 67.2 Å². The van der Waals surface area contributed by atoms with Gasteiger partial charge in [-0.2, -0.15) is 26.3 Å². The number of rotatable bonds is 4. The van der Waals surface area contributed by atoms with E-state index in [9.17, 15) is 31.1 Å². The van der Waals surface area contributed by atoms with Gasteiger partial charge in [0.2, 0.25) is 0 Å². The van der Waals surface area contributed by atoms with Crippen LogP contribution in [0.25, 0.3) is 0 Å². The summed E-state index contributed by atoms with van der Waals surface area (Å²) in [6.45, 7) is 0. The van der Waals surface area contributed by atoms with Crippen LogP contribution in [0.5, 0.6) is 0 Å². The van der Waals surface area contributed by atoms with E-state index in [1.54, 1.807) is 0 Å². The van der Waals surface area contributed by atoms with Crippen molar-refractivity contribution in [2.24, 2.45) is 0 Å². The van der Waals surface area contributed by atoms with Crippen molar-refractivity contribution in [1.29, 1.82) is 0 Å². The zero-order valence-corrected chi connectivity index (χ0v) is 18.0. The highest BCUT2D eigenvalue weighted by atomic mass is 79.9. The Morgan fingerprint density at radius 2 is 1.07 bits per heavy atom. The van der Waals surface area contributed by atoms with Gasteiger partial charge in [-0.05, 0) is 35.4 Å². The predicted molar refractivity (Wildman–Crippen MR) is 101 cm³/mol. The first-order valence-corrected chi connectivity index (χ1v) is 9.64. The number of ketones is 1. The van der Waals surface area contributed by atoms with E-state index in [2.05, 4.69) is 31.9 Å². The Labute approximate surface area is 182 Å². The number of hydrogen-bond acceptors (Lipinski definition) is 1. The SMILES string of the molecule is O=C(C(c1ccc(Cl)cc1Br)C(F)(F)F)C(c1ccc(Cl)cc1Br)C(F)(F)F. The topological polar surface area (TPSA) is 17.1 Å². The smallest absolute Gasteiger partial charge is 0.298 e. The molecule has 0 bridgehead atoms. The van der Waals surface area contributed by atoms with Crippen LogP contribution in [0.15, 0.2) is 45.3 Å². The van der Waals surface area contributed by atoms with E-state index in [0.717, 1.165) is 36.4 Å². The molecule has 0 spiro atoms. The van der Waals surface area contributed by atoms with Crippen LogP contribution in [0.1, 0.15) is 23.0 Å². The van der Waals surface area contributed by atoms with Gasteiger partial charge >= 0.3 is 12.4 Å². The standard InChI is InChI=1S/C17H8Br2Cl2F6O/c18-11-5-7(20)1-3-9(11)13(16(22,23)24)15(28)14(17(25,26)27)10-4-2-8(21)6-12(10)19/h1-6,13-14H. The fourth-order valence-corrected chi connectivity index (χ4v) is 4.44. The highest BCUT2D eigenvalue weighted by Crippen LogP contribution is 2.47. The van der Waals surface area contributed by atoms with Crippen LogP contribution in [0, 0.1) is 0 Å². The van der Waals surface area contributed by atoms with E-state index < -0.39 is 41.1 Å². The summed E-state index contributed by atoms with van der Waals surface area (Å²) in [7, 11) is 0. The summed E-state index contributed by atoms with van der Waals surface area (Å²) in [6, 6.07) is 6.01. The summed E-state index contributed by atoms with van der Waals surface area (Å²) in [5, 5.41) is 0.105. The average molecular weight is 573 g/mol. The fourth-order valence-electron chi connectivity index (χ4n) is 2.62. The van der Waals surface area contributed by atoms with Gasteiger partial charge in [0.15, 0.2) is 5.78 Å². The molecule has 2 aromatic carbocycles. The first-order chi connectivity index (χ1) is 12.7. The van der Waals surface area contributed by atoms with Gasteiger partial charge in [0.05, 0.1) is 0 Å². The largest absolute Gasteiger partial charge is 0.402 e. The van der Waals surface area contributed by atoms with E-state index >= 15 is 0 Å². The molecule has 0 saturated carbocycles. The molecule has 2 rings (SSSR count). The second-order valence-electron chi connectivity index (χ2n) is 5.68. The highest BCUT2D eigenvalue weighted by molar-refractivity contribution is 9.10. The molecule has 0 radical (unpaired) electrons. The molecular weight excluding hydrogens is 565 g/mol. The maximum Gasteiger partial charge on any atom is 0.402 e. The third-order valence-corrected chi connectivity index (χ3v) is 5.61. The molecule has 0 aliphatic carbocycles. The van der Waals surface area contributed by atoms with Gasteiger partial charge in [-0.15, -0.1) is 0 Å². The van der Waals surface area contributed by atoms with Gasteiger partial charge in [0.25, 0.3) is 0 Å². The van der Waals surface area contributed by atoms with E-state index in [0.29, 0.717) is 0 Å². The molecule has 28 heavy (non-hydrogen) atoms. The van der Waals surface area contributed by atoms with Crippen LogP contribution >= 0.6 is 55.1 Å². The first-order valence-electron chi connectivity index (χ1n) is 7.30. The van der Waals surface area contributed by atoms with E-state index in [1.165, 1.54) is 0 Å². The molecule has 1 nitrogen and oxygen atoms in total. The Balaban J connectivity index is 2.68. The molecule has 0 amide bonds. The molecule has 2 atom stereocenters. The van der Waals surface area contributed by atoms with Crippen molar-refractivity contribution < 1.29 is 31.1 Å². The number of carbonyl (C=O) groups excluding carboxylic acids is 1. The van der Waals surface area contributed by atoms with Crippen LogP contribution in [-0.2, 0) is 4.79 Å². The second kappa shape index (κ2) is 8.53. The Bertz CT molecular complexity index is 827. The third-order valence-electron chi connectivity index (χ3n) is 3.77. The quantitative estimate of drug-likeness (QED) is 0.339. The van der Waals surface area contributed by atoms with E-state index in [-0.39, 0.29) is 19.0 Å². The number of benzene rings is 2. The molecule has 0 heterocycles. The van der Waals surface area contributed by atoms with Crippen molar-refractivity contribution in [1.82, 2.24) is 0 Å². The summed E-state index contributed by atoms with van der Waals surface area (Å²) in [4.78, 5) is 12.7. The van der Waals surface area contributed by atoms with Gasteiger partial charge < -0.3 is 0 Å². The predicted octanol–water partition coefficient (Wildman–Crippen LogP) is 8.08. The summed E-state index contributed by atoms with van der Waals surface area (Å²) in [5.41, 5.74) is -1.33. The average Bonchev–Trinajstić information content (AvgIpc) is 2.50. The molecule has 2 aromatic rings. The Morgan fingerprint density at radius 3 is 1.32 bits per heavy atom. The van der Waals surface area contributed by atoms with Crippen molar-refractivity contribution in [2.45, 2.75) is 24.2 Å². The van der Waals surface area contributed by atoms with Crippen LogP contribution in [0.3, 0.4) is 0 Å². The van der Waals surface area contributed by atoms with Gasteiger partial charge in [0, 0.05) is 19.0 Å². The van der Waals surface area contributed by atoms with Crippen molar-refractivity contribution in [2.75, 3.05) is 0 Å². The summed E-state index contributed by atoms with van der Waals surface area (Å²) >= 11 is 17.1. The number of carbonyl (C=O) groups is 1. The van der Waals surface area contributed by atoms with Crippen molar-refractivity contribution in [3.05, 3.63) is 66.5 Å². The summed E-state index contributed by atoms with van der Waals surface area (Å²) in [6.07, 6.45) is -10.5. The van der Waals surface area contributed by atoms with Crippen LogP contribution in [0.4, 0.5) is 26.3 Å². The molecule has 0 saturated heterocycles. The fraction of sp³-hybridized carbons (Fsp3) is 0.235. The maximum atomic E-state index is 13.7. The number of Topliss-reactive ketones (excluding diaryl/α,β-unsaturated/α-hetero) is 1. The lowest BCUT2D eigenvalue weighted by Crippen LogP contribution is -2.38. The third kappa shape index (κ3) is 5.23. The molecule has 0 aliphatic heterocycles. The normalized spacial score (nSPS) is 14.6. The number of hydrogen-bond donors (Lipinski definition) is 0. The molecule has 0 aromatic heterocycles. The van der Waals surface area contributed by atoms with Crippen LogP contribution < -0.4 is 0 Å². The minimum Gasteiger partial charge on any atom is -0.298 e. The lowest BCUT2D eigenvalue weighted by Gasteiger charge is -2.27. The van der Waals surface area contributed by atoms with Gasteiger partial charge in [0.1, 0.15) is 11.8 Å². The lowest BCUT2D eigenvalue weighted by molar-refractivity contribution is -0.183. The lowest BCUT2D eigenvalue weighted by atomic mass is 9.82. The van der Waals surface area contributed by atoms with E-state index in [4.69, 9.17) is 23.2 Å². The zero-order valence-electron chi connectivity index (χ0n) is 13.3. The maximum absolute atomic E-state index is 13.7.